The quantitative estimate of drug-likeness (QED) is 0.463. The normalized spacial score (nSPS) is 15.2. The Bertz CT molecular complexity index is 512. The summed E-state index contributed by atoms with van der Waals surface area (Å²) in [6.45, 7) is 5.86. The zero-order valence-electron chi connectivity index (χ0n) is 13.9. The molecule has 0 spiro atoms. The molecule has 0 radical (unpaired) electrons. The molecule has 0 saturated heterocycles. The van der Waals surface area contributed by atoms with Crippen molar-refractivity contribution in [3.8, 4) is 0 Å². The summed E-state index contributed by atoms with van der Waals surface area (Å²) < 4.78 is 18.6. The van der Waals surface area contributed by atoms with Crippen molar-refractivity contribution in [3.63, 3.8) is 0 Å². The number of carbonyl (C=O) groups excluding carboxylic acids is 4. The van der Waals surface area contributed by atoms with E-state index in [0.29, 0.717) is 0 Å². The van der Waals surface area contributed by atoms with Crippen LogP contribution in [-0.2, 0) is 42.9 Å². The van der Waals surface area contributed by atoms with E-state index >= 15 is 0 Å². The highest BCUT2D eigenvalue weighted by atomic mass is 16.6. The van der Waals surface area contributed by atoms with Crippen molar-refractivity contribution >= 4 is 29.8 Å². The average molecular weight is 348 g/mol. The van der Waals surface area contributed by atoms with E-state index in [-0.39, 0.29) is 0 Å². The Morgan fingerprint density at radius 2 is 0.917 bits per heavy atom. The first-order chi connectivity index (χ1) is 11.0. The number of rotatable bonds is 8. The molecule has 0 unspecified atom stereocenters. The highest BCUT2D eigenvalue weighted by molar-refractivity contribution is 5.85. The summed E-state index contributed by atoms with van der Waals surface area (Å²) >= 11 is 0. The van der Waals surface area contributed by atoms with E-state index in [2.05, 4.69) is 9.47 Å². The lowest BCUT2D eigenvalue weighted by atomic mass is 10.3. The van der Waals surface area contributed by atoms with Crippen LogP contribution in [0.25, 0.3) is 0 Å². The van der Waals surface area contributed by atoms with Crippen molar-refractivity contribution in [2.45, 2.75) is 59.0 Å². The molecule has 0 aromatic heterocycles. The van der Waals surface area contributed by atoms with Crippen LogP contribution in [0.4, 0.5) is 0 Å². The second kappa shape index (κ2) is 9.48. The van der Waals surface area contributed by atoms with Crippen molar-refractivity contribution in [3.05, 3.63) is 0 Å². The molecule has 0 aromatic carbocycles. The van der Waals surface area contributed by atoms with Gasteiger partial charge in [-0.3, -0.25) is 4.79 Å². The summed E-state index contributed by atoms with van der Waals surface area (Å²) in [5.74, 6) is -5.14. The van der Waals surface area contributed by atoms with Crippen LogP contribution in [0.3, 0.4) is 0 Å². The van der Waals surface area contributed by atoms with Gasteiger partial charge >= 0.3 is 29.8 Å². The molecule has 0 aromatic rings. The van der Waals surface area contributed by atoms with Crippen molar-refractivity contribution in [1.29, 1.82) is 0 Å². The van der Waals surface area contributed by atoms with Crippen LogP contribution in [0, 0.1) is 0 Å². The van der Waals surface area contributed by atoms with Gasteiger partial charge in [0.25, 0.3) is 0 Å². The van der Waals surface area contributed by atoms with Gasteiger partial charge in [-0.15, -0.1) is 0 Å². The number of carbonyl (C=O) groups is 5. The number of hydrogen-bond donors (Lipinski definition) is 1. The molecule has 10 heteroatoms. The van der Waals surface area contributed by atoms with E-state index < -0.39 is 54.3 Å². The number of hydrogen-bond acceptors (Lipinski definition) is 9. The third kappa shape index (κ3) is 7.56. The van der Waals surface area contributed by atoms with Gasteiger partial charge in [-0.1, -0.05) is 0 Å². The fourth-order valence-electron chi connectivity index (χ4n) is 1.25. The van der Waals surface area contributed by atoms with E-state index in [9.17, 15) is 24.0 Å². The maximum absolute atomic E-state index is 11.7. The predicted octanol–water partition coefficient (Wildman–Crippen LogP) is -0.182. The summed E-state index contributed by atoms with van der Waals surface area (Å²) in [5.41, 5.74) is 0. The molecule has 1 N–H and O–H groups in total. The maximum atomic E-state index is 11.7. The predicted molar refractivity (Wildman–Crippen MR) is 75.5 cm³/mol. The Labute approximate surface area is 138 Å². The molecule has 0 amide bonds. The highest BCUT2D eigenvalue weighted by Crippen LogP contribution is 2.05. The molecule has 10 nitrogen and oxygen atoms in total. The molecule has 0 heterocycles. The van der Waals surface area contributed by atoms with Gasteiger partial charge in [0.2, 0.25) is 0 Å². The third-order valence-electron chi connectivity index (χ3n) is 2.57. The standard InChI is InChI=1S/C14H20O10/c1-6(11(16)17)22-13(19)8(3)24-14(20)9(4)23-12(18)7(2)21-10(5)15/h6-9H,1-5H3,(H,16,17)/t6-,7-,8-,9-/m0/s1. The number of carboxylic acid groups (broad SMARTS) is 1. The molecule has 24 heavy (non-hydrogen) atoms. The summed E-state index contributed by atoms with van der Waals surface area (Å²) in [4.78, 5) is 56.1. The Morgan fingerprint density at radius 3 is 1.21 bits per heavy atom. The zero-order chi connectivity index (χ0) is 19.0. The second-order valence-corrected chi connectivity index (χ2v) is 4.83. The highest BCUT2D eigenvalue weighted by Gasteiger charge is 2.29. The summed E-state index contributed by atoms with van der Waals surface area (Å²) in [5, 5.41) is 8.62. The Balaban J connectivity index is 4.48. The van der Waals surface area contributed by atoms with Crippen molar-refractivity contribution in [1.82, 2.24) is 0 Å². The smallest absolute Gasteiger partial charge is 0.347 e. The Hall–Kier alpha value is -2.65. The van der Waals surface area contributed by atoms with E-state index in [0.717, 1.165) is 13.8 Å². The van der Waals surface area contributed by atoms with Crippen LogP contribution in [0.5, 0.6) is 0 Å². The topological polar surface area (TPSA) is 143 Å². The van der Waals surface area contributed by atoms with Crippen LogP contribution in [-0.4, -0.2) is 59.4 Å². The number of carboxylic acids is 1. The number of esters is 4. The minimum Gasteiger partial charge on any atom is -0.479 e. The monoisotopic (exact) mass is 348 g/mol. The first kappa shape index (κ1) is 21.4. The van der Waals surface area contributed by atoms with Crippen molar-refractivity contribution < 1.29 is 48.0 Å². The SMILES string of the molecule is CC(=O)O[C@@H](C)C(=O)O[C@@H](C)C(=O)O[C@@H](C)C(=O)O[C@@H](C)C(=O)O. The van der Waals surface area contributed by atoms with Crippen LogP contribution in [0.15, 0.2) is 0 Å². The van der Waals surface area contributed by atoms with Gasteiger partial charge in [0.05, 0.1) is 0 Å². The second-order valence-electron chi connectivity index (χ2n) is 4.83. The molecule has 0 fully saturated rings. The summed E-state index contributed by atoms with van der Waals surface area (Å²) in [7, 11) is 0. The van der Waals surface area contributed by atoms with E-state index in [1.807, 2.05) is 0 Å². The van der Waals surface area contributed by atoms with Crippen LogP contribution in [0.1, 0.15) is 34.6 Å². The molecule has 0 aliphatic carbocycles. The van der Waals surface area contributed by atoms with Crippen LogP contribution < -0.4 is 0 Å². The van der Waals surface area contributed by atoms with Gasteiger partial charge in [0.1, 0.15) is 0 Å². The van der Waals surface area contributed by atoms with Crippen LogP contribution in [0.2, 0.25) is 0 Å². The van der Waals surface area contributed by atoms with Crippen LogP contribution >= 0.6 is 0 Å². The fraction of sp³-hybridized carbons (Fsp3) is 0.643. The van der Waals surface area contributed by atoms with Crippen molar-refractivity contribution in [2.24, 2.45) is 0 Å². The summed E-state index contributed by atoms with van der Waals surface area (Å²) in [6, 6.07) is 0. The Kier molecular flexibility index (Phi) is 8.43. The zero-order valence-corrected chi connectivity index (χ0v) is 13.9. The summed E-state index contributed by atoms with van der Waals surface area (Å²) in [6.07, 6.45) is -5.39. The maximum Gasteiger partial charge on any atom is 0.347 e. The molecule has 136 valence electrons. The molecular formula is C14H20O10. The van der Waals surface area contributed by atoms with Gasteiger partial charge in [-0.25, -0.2) is 19.2 Å². The van der Waals surface area contributed by atoms with Gasteiger partial charge in [-0.05, 0) is 27.7 Å². The lowest BCUT2D eigenvalue weighted by Gasteiger charge is -2.18. The minimum absolute atomic E-state index is 0.696. The van der Waals surface area contributed by atoms with E-state index in [4.69, 9.17) is 14.6 Å². The molecule has 0 saturated carbocycles. The van der Waals surface area contributed by atoms with Crippen molar-refractivity contribution in [2.75, 3.05) is 0 Å². The largest absolute Gasteiger partial charge is 0.479 e. The molecule has 0 aliphatic heterocycles. The van der Waals surface area contributed by atoms with E-state index in [1.165, 1.54) is 20.8 Å². The number of ether oxygens (including phenoxy) is 4. The lowest BCUT2D eigenvalue weighted by Crippen LogP contribution is -2.37. The van der Waals surface area contributed by atoms with Gasteiger partial charge in [-0.2, -0.15) is 0 Å². The molecule has 0 aliphatic rings. The number of aliphatic carboxylic acids is 1. The van der Waals surface area contributed by atoms with E-state index in [1.54, 1.807) is 0 Å². The fourth-order valence-corrected chi connectivity index (χ4v) is 1.25. The van der Waals surface area contributed by atoms with Gasteiger partial charge in [0, 0.05) is 6.92 Å². The lowest BCUT2D eigenvalue weighted by molar-refractivity contribution is -0.184. The van der Waals surface area contributed by atoms with Gasteiger partial charge < -0.3 is 24.1 Å². The molecule has 0 bridgehead atoms. The first-order valence-electron chi connectivity index (χ1n) is 6.97. The van der Waals surface area contributed by atoms with Gasteiger partial charge in [0.15, 0.2) is 24.4 Å². The molecular weight excluding hydrogens is 328 g/mol. The molecule has 4 atom stereocenters. The average Bonchev–Trinajstić information content (AvgIpc) is 2.45. The Morgan fingerprint density at radius 1 is 0.625 bits per heavy atom. The third-order valence-corrected chi connectivity index (χ3v) is 2.57. The molecule has 0 rings (SSSR count). The minimum atomic E-state index is -1.40. The first-order valence-corrected chi connectivity index (χ1v) is 6.97.